The van der Waals surface area contributed by atoms with Gasteiger partial charge in [-0.15, -0.1) is 0 Å². The summed E-state index contributed by atoms with van der Waals surface area (Å²) in [6, 6.07) is 7.96. The van der Waals surface area contributed by atoms with Crippen LogP contribution in [0.2, 0.25) is 5.02 Å². The van der Waals surface area contributed by atoms with Gasteiger partial charge in [0.2, 0.25) is 17.7 Å². The van der Waals surface area contributed by atoms with Gasteiger partial charge in [-0.3, -0.25) is 14.4 Å². The van der Waals surface area contributed by atoms with E-state index in [1.54, 1.807) is 44.4 Å². The number of amides is 3. The van der Waals surface area contributed by atoms with Gasteiger partial charge in [0, 0.05) is 37.5 Å². The number of methoxy groups -OCH3 is 1. The minimum absolute atomic E-state index is 0.167. The highest BCUT2D eigenvalue weighted by atomic mass is 35.5. The third kappa shape index (κ3) is 5.75. The number of fused-ring (bicyclic) bond motifs is 1. The first-order chi connectivity index (χ1) is 17.7. The lowest BCUT2D eigenvalue weighted by molar-refractivity contribution is -0.142. The Labute approximate surface area is 218 Å². The Morgan fingerprint density at radius 1 is 1.05 bits per heavy atom. The molecule has 0 spiro atoms. The van der Waals surface area contributed by atoms with Crippen molar-refractivity contribution >= 4 is 57.8 Å². The van der Waals surface area contributed by atoms with Crippen LogP contribution in [-0.2, 0) is 19.1 Å². The molecule has 194 valence electrons. The molecule has 1 aliphatic carbocycles. The molecule has 1 fully saturated rings. The molecular weight excluding hydrogens is 500 g/mol. The van der Waals surface area contributed by atoms with Crippen LogP contribution in [0.15, 0.2) is 47.2 Å². The first-order valence-corrected chi connectivity index (χ1v) is 12.1. The molecule has 0 bridgehead atoms. The molecule has 1 aromatic carbocycles. The van der Waals surface area contributed by atoms with Crippen molar-refractivity contribution in [3.8, 4) is 0 Å². The number of esters is 1. The maximum Gasteiger partial charge on any atom is 0.337 e. The Morgan fingerprint density at radius 3 is 2.51 bits per heavy atom. The average molecular weight is 527 g/mol. The zero-order valence-corrected chi connectivity index (χ0v) is 21.4. The van der Waals surface area contributed by atoms with Crippen LogP contribution in [0.1, 0.15) is 29.6 Å². The fourth-order valence-electron chi connectivity index (χ4n) is 4.60. The van der Waals surface area contributed by atoms with Gasteiger partial charge in [-0.2, -0.15) is 0 Å². The van der Waals surface area contributed by atoms with Crippen LogP contribution in [0.25, 0.3) is 11.0 Å². The van der Waals surface area contributed by atoms with Crippen molar-refractivity contribution in [3.05, 3.63) is 53.4 Å². The zero-order chi connectivity index (χ0) is 26.7. The summed E-state index contributed by atoms with van der Waals surface area (Å²) in [5, 5.41) is 6.59. The summed E-state index contributed by atoms with van der Waals surface area (Å²) >= 11 is 5.88. The highest BCUT2D eigenvalue weighted by molar-refractivity contribution is 6.30. The number of ether oxygens (including phenoxy) is 1. The van der Waals surface area contributed by atoms with Gasteiger partial charge in [-0.05, 0) is 49.6 Å². The molecule has 0 radical (unpaired) electrons. The molecule has 1 saturated carbocycles. The smallest absolute Gasteiger partial charge is 0.337 e. The third-order valence-corrected chi connectivity index (χ3v) is 6.77. The van der Waals surface area contributed by atoms with E-state index >= 15 is 0 Å². The minimum Gasteiger partial charge on any atom is -0.465 e. The van der Waals surface area contributed by atoms with Crippen LogP contribution >= 0.6 is 11.6 Å². The second-order valence-electron chi connectivity index (χ2n) is 9.15. The molecule has 2 heterocycles. The Hall–Kier alpha value is -3.92. The maximum absolute atomic E-state index is 13.3. The number of carbonyl (C=O) groups excluding carboxylic acids is 4. The number of nitrogens with zero attached hydrogens (tertiary/aromatic N) is 2. The number of pyridine rings is 1. The molecule has 3 aromatic rings. The first kappa shape index (κ1) is 26.2. The number of nitrogens with one attached hydrogen (secondary N) is 2. The minimum atomic E-state index is -0.733. The molecular formula is C26H27ClN4O6. The number of hydrogen-bond acceptors (Lipinski definition) is 7. The van der Waals surface area contributed by atoms with E-state index in [-0.39, 0.29) is 24.1 Å². The molecule has 2 N–H and O–H groups in total. The van der Waals surface area contributed by atoms with Crippen molar-refractivity contribution in [1.29, 1.82) is 0 Å². The van der Waals surface area contributed by atoms with E-state index < -0.39 is 23.7 Å². The summed E-state index contributed by atoms with van der Waals surface area (Å²) in [4.78, 5) is 56.8. The molecule has 1 aliphatic rings. The fourth-order valence-corrected chi connectivity index (χ4v) is 4.71. The van der Waals surface area contributed by atoms with Gasteiger partial charge in [0.05, 0.1) is 29.3 Å². The molecule has 3 unspecified atom stereocenters. The summed E-state index contributed by atoms with van der Waals surface area (Å²) in [7, 11) is 4.57. The standard InChI is InChI=1S/C26H27ClN4O6/c1-31(2)25(34)17-7-4-14(10-18(17)24(33)30-22-9-6-16(27)12-28-22)23(32)29-20-13-37-21-8-5-15(11-19(20)21)26(35)36-3/h5-6,8-9,11-14,17-18H,4,7,10H2,1-3H3,(H,29,32)(H,28,30,33). The van der Waals surface area contributed by atoms with Crippen molar-refractivity contribution in [2.75, 3.05) is 31.8 Å². The molecule has 3 atom stereocenters. The van der Waals surface area contributed by atoms with Crippen LogP contribution in [0, 0.1) is 17.8 Å². The van der Waals surface area contributed by atoms with Crippen LogP contribution in [0.5, 0.6) is 0 Å². The summed E-state index contributed by atoms with van der Waals surface area (Å²) in [5.41, 5.74) is 1.22. The van der Waals surface area contributed by atoms with Crippen molar-refractivity contribution < 1.29 is 28.3 Å². The Balaban J connectivity index is 1.53. The van der Waals surface area contributed by atoms with E-state index in [1.165, 1.54) is 24.5 Å². The van der Waals surface area contributed by atoms with Gasteiger partial charge in [0.1, 0.15) is 17.7 Å². The second-order valence-corrected chi connectivity index (χ2v) is 9.58. The number of rotatable bonds is 6. The largest absolute Gasteiger partial charge is 0.465 e. The third-order valence-electron chi connectivity index (χ3n) is 6.55. The summed E-state index contributed by atoms with van der Waals surface area (Å²) in [5.74, 6) is -2.87. The number of aromatic nitrogens is 1. The van der Waals surface area contributed by atoms with Crippen molar-refractivity contribution in [1.82, 2.24) is 9.88 Å². The van der Waals surface area contributed by atoms with Gasteiger partial charge in [0.25, 0.3) is 0 Å². The quantitative estimate of drug-likeness (QED) is 0.465. The lowest BCUT2D eigenvalue weighted by Crippen LogP contribution is -2.44. The van der Waals surface area contributed by atoms with Crippen molar-refractivity contribution in [2.45, 2.75) is 19.3 Å². The molecule has 0 aliphatic heterocycles. The molecule has 37 heavy (non-hydrogen) atoms. The number of hydrogen-bond donors (Lipinski definition) is 2. The van der Waals surface area contributed by atoms with Crippen molar-refractivity contribution in [2.24, 2.45) is 17.8 Å². The number of halogens is 1. The molecule has 11 heteroatoms. The van der Waals surface area contributed by atoms with Crippen LogP contribution < -0.4 is 10.6 Å². The first-order valence-electron chi connectivity index (χ1n) is 11.7. The van der Waals surface area contributed by atoms with Gasteiger partial charge in [-0.1, -0.05) is 11.6 Å². The van der Waals surface area contributed by atoms with Gasteiger partial charge in [0.15, 0.2) is 0 Å². The SMILES string of the molecule is COC(=O)c1ccc2occ(NC(=O)C3CCC(C(=O)N(C)C)C(C(=O)Nc4ccc(Cl)cn4)C3)c2c1. The van der Waals surface area contributed by atoms with E-state index in [0.29, 0.717) is 45.9 Å². The van der Waals surface area contributed by atoms with Gasteiger partial charge >= 0.3 is 5.97 Å². The van der Waals surface area contributed by atoms with E-state index in [2.05, 4.69) is 15.6 Å². The predicted octanol–water partition coefficient (Wildman–Crippen LogP) is 3.97. The molecule has 10 nitrogen and oxygen atoms in total. The fraction of sp³-hybridized carbons (Fsp3) is 0.346. The predicted molar refractivity (Wildman–Crippen MR) is 137 cm³/mol. The van der Waals surface area contributed by atoms with Crippen LogP contribution in [0.4, 0.5) is 11.5 Å². The van der Waals surface area contributed by atoms with Crippen LogP contribution in [0.3, 0.4) is 0 Å². The lowest BCUT2D eigenvalue weighted by Gasteiger charge is -2.35. The monoisotopic (exact) mass is 526 g/mol. The topological polar surface area (TPSA) is 131 Å². The lowest BCUT2D eigenvalue weighted by atomic mass is 9.72. The number of carbonyl (C=O) groups is 4. The molecule has 2 aromatic heterocycles. The van der Waals surface area contributed by atoms with E-state index in [4.69, 9.17) is 20.8 Å². The van der Waals surface area contributed by atoms with Crippen molar-refractivity contribution in [3.63, 3.8) is 0 Å². The molecule has 4 rings (SSSR count). The average Bonchev–Trinajstić information content (AvgIpc) is 3.30. The number of anilines is 2. The van der Waals surface area contributed by atoms with Gasteiger partial charge in [-0.25, -0.2) is 9.78 Å². The normalized spacial score (nSPS) is 19.2. The number of furan rings is 1. The maximum atomic E-state index is 13.3. The second kappa shape index (κ2) is 11.0. The summed E-state index contributed by atoms with van der Waals surface area (Å²) in [6.45, 7) is 0. The Bertz CT molecular complexity index is 1340. The van der Waals surface area contributed by atoms with E-state index in [1.807, 2.05) is 0 Å². The van der Waals surface area contributed by atoms with E-state index in [9.17, 15) is 19.2 Å². The Morgan fingerprint density at radius 2 is 1.84 bits per heavy atom. The highest BCUT2D eigenvalue weighted by Crippen LogP contribution is 2.37. The molecule has 0 saturated heterocycles. The Kier molecular flexibility index (Phi) is 7.77. The molecule has 3 amide bonds. The number of benzene rings is 1. The van der Waals surface area contributed by atoms with E-state index in [0.717, 1.165) is 0 Å². The van der Waals surface area contributed by atoms with Gasteiger partial charge < -0.3 is 24.7 Å². The highest BCUT2D eigenvalue weighted by Gasteiger charge is 2.42. The van der Waals surface area contributed by atoms with Crippen LogP contribution in [-0.4, -0.2) is 54.8 Å². The zero-order valence-electron chi connectivity index (χ0n) is 20.6. The summed E-state index contributed by atoms with van der Waals surface area (Å²) in [6.07, 6.45) is 3.81. The summed E-state index contributed by atoms with van der Waals surface area (Å²) < 4.78 is 10.3.